The summed E-state index contributed by atoms with van der Waals surface area (Å²) in [7, 11) is 0. The van der Waals surface area contributed by atoms with Gasteiger partial charge in [-0.25, -0.2) is 14.7 Å². The molecule has 3 aromatic rings. The van der Waals surface area contributed by atoms with E-state index in [-0.39, 0.29) is 5.75 Å². The molecule has 0 amide bonds. The fraction of sp³-hybridized carbons (Fsp3) is 0.448. The second-order valence-electron chi connectivity index (χ2n) is 11.0. The average molecular weight is 612 g/mol. The van der Waals surface area contributed by atoms with Crippen molar-refractivity contribution in [3.05, 3.63) is 65.5 Å². The van der Waals surface area contributed by atoms with Crippen molar-refractivity contribution in [2.24, 2.45) is 4.99 Å². The van der Waals surface area contributed by atoms with E-state index in [2.05, 4.69) is 20.2 Å². The fourth-order valence-electron chi connectivity index (χ4n) is 6.25. The van der Waals surface area contributed by atoms with E-state index >= 15 is 0 Å². The van der Waals surface area contributed by atoms with Gasteiger partial charge in [-0.1, -0.05) is 16.8 Å². The van der Waals surface area contributed by atoms with Gasteiger partial charge < -0.3 is 14.4 Å². The Hall–Kier alpha value is -3.81. The van der Waals surface area contributed by atoms with Crippen LogP contribution in [0.3, 0.4) is 0 Å². The molecular weight excluding hydrogens is 580 g/mol. The van der Waals surface area contributed by atoms with Crippen LogP contribution in [0.2, 0.25) is 5.02 Å². The van der Waals surface area contributed by atoms with Crippen molar-refractivity contribution in [3.63, 3.8) is 0 Å². The third-order valence-electron chi connectivity index (χ3n) is 8.36. The number of benzene rings is 1. The zero-order chi connectivity index (χ0) is 29.3. The number of likely N-dealkylation sites (tertiary alicyclic amines) is 1. The lowest BCUT2D eigenvalue weighted by molar-refractivity contribution is -0.0494. The van der Waals surface area contributed by atoms with Crippen LogP contribution in [0.5, 0.6) is 5.75 Å². The Morgan fingerprint density at radius 1 is 1.07 bits per heavy atom. The van der Waals surface area contributed by atoms with Crippen LogP contribution in [0.4, 0.5) is 14.5 Å². The van der Waals surface area contributed by atoms with Crippen molar-refractivity contribution >= 4 is 23.5 Å². The van der Waals surface area contributed by atoms with Crippen LogP contribution in [-0.2, 0) is 11.3 Å². The summed E-state index contributed by atoms with van der Waals surface area (Å²) in [5.41, 5.74) is 2.25. The maximum absolute atomic E-state index is 13.3. The second-order valence-corrected chi connectivity index (χ2v) is 11.4. The van der Waals surface area contributed by atoms with Crippen molar-refractivity contribution in [2.45, 2.75) is 50.9 Å². The van der Waals surface area contributed by atoms with Gasteiger partial charge in [0, 0.05) is 55.3 Å². The van der Waals surface area contributed by atoms with E-state index in [9.17, 15) is 8.78 Å². The molecule has 0 saturated carbocycles. The molecule has 1 aromatic carbocycles. The molecule has 226 valence electrons. The van der Waals surface area contributed by atoms with Gasteiger partial charge in [-0.2, -0.15) is 13.9 Å². The second kappa shape index (κ2) is 12.1. The molecule has 0 spiro atoms. The lowest BCUT2D eigenvalue weighted by Crippen LogP contribution is -2.44. The number of hydrazine groups is 1. The molecule has 4 aliphatic rings. The van der Waals surface area contributed by atoms with Gasteiger partial charge in [-0.15, -0.1) is 5.10 Å². The summed E-state index contributed by atoms with van der Waals surface area (Å²) >= 11 is 6.32. The van der Waals surface area contributed by atoms with Crippen LogP contribution < -0.4 is 9.75 Å². The number of hydrogen-bond acceptors (Lipinski definition) is 9. The molecule has 6 heterocycles. The molecule has 14 heteroatoms. The van der Waals surface area contributed by atoms with E-state index in [1.807, 2.05) is 45.4 Å². The quantitative estimate of drug-likeness (QED) is 0.361. The van der Waals surface area contributed by atoms with Crippen molar-refractivity contribution in [1.29, 1.82) is 0 Å². The van der Waals surface area contributed by atoms with E-state index in [1.165, 1.54) is 12.1 Å². The zero-order valence-corrected chi connectivity index (χ0v) is 24.2. The molecule has 11 nitrogen and oxygen atoms in total. The summed E-state index contributed by atoms with van der Waals surface area (Å²) < 4.78 is 40.8. The van der Waals surface area contributed by atoms with Crippen LogP contribution in [0, 0.1) is 0 Å². The fourth-order valence-corrected chi connectivity index (χ4v) is 6.42. The van der Waals surface area contributed by atoms with Gasteiger partial charge in [0.15, 0.2) is 0 Å². The number of hydrogen-bond donors (Lipinski definition) is 0. The smallest absolute Gasteiger partial charge is 0.387 e. The summed E-state index contributed by atoms with van der Waals surface area (Å²) in [6.07, 6.45) is 15.5. The van der Waals surface area contributed by atoms with Gasteiger partial charge in [-0.05, 0) is 56.0 Å². The number of aliphatic imine (C=N–C) groups is 1. The molecule has 2 saturated heterocycles. The normalized spacial score (nSPS) is 19.9. The van der Waals surface area contributed by atoms with Crippen LogP contribution >= 0.6 is 11.6 Å². The van der Waals surface area contributed by atoms with E-state index in [0.717, 1.165) is 63.5 Å². The Morgan fingerprint density at radius 3 is 2.72 bits per heavy atom. The molecule has 2 aromatic heterocycles. The number of piperidine rings is 1. The topological polar surface area (TPSA) is 89.1 Å². The first kappa shape index (κ1) is 28.0. The van der Waals surface area contributed by atoms with Gasteiger partial charge >= 0.3 is 6.61 Å². The molecule has 0 atom stereocenters. The highest BCUT2D eigenvalue weighted by atomic mass is 35.5. The molecular formula is C29H32ClF2N9O2. The largest absolute Gasteiger partial charge is 0.434 e. The van der Waals surface area contributed by atoms with Crippen LogP contribution in [0.15, 0.2) is 59.8 Å². The van der Waals surface area contributed by atoms with E-state index < -0.39 is 6.61 Å². The van der Waals surface area contributed by atoms with Gasteiger partial charge in [-0.3, -0.25) is 9.69 Å². The first-order valence-corrected chi connectivity index (χ1v) is 14.9. The third-order valence-corrected chi connectivity index (χ3v) is 8.59. The minimum absolute atomic E-state index is 0.0106. The summed E-state index contributed by atoms with van der Waals surface area (Å²) in [6.45, 7) is 1.66. The first-order valence-electron chi connectivity index (χ1n) is 14.5. The van der Waals surface area contributed by atoms with Gasteiger partial charge in [0.2, 0.25) is 0 Å². The Kier molecular flexibility index (Phi) is 7.85. The molecule has 2 fully saturated rings. The number of fused-ring (bicyclic) bond motifs is 1. The highest BCUT2D eigenvalue weighted by molar-refractivity contribution is 6.31. The van der Waals surface area contributed by atoms with Crippen molar-refractivity contribution in [2.75, 3.05) is 37.9 Å². The Morgan fingerprint density at radius 2 is 1.91 bits per heavy atom. The maximum Gasteiger partial charge on any atom is 0.387 e. The van der Waals surface area contributed by atoms with Crippen LogP contribution in [-0.4, -0.2) is 86.4 Å². The van der Waals surface area contributed by atoms with Gasteiger partial charge in [0.25, 0.3) is 0 Å². The molecule has 0 aliphatic carbocycles. The van der Waals surface area contributed by atoms with Gasteiger partial charge in [0.1, 0.15) is 28.6 Å². The molecule has 7 rings (SSSR count). The minimum atomic E-state index is -3.00. The molecule has 0 radical (unpaired) electrons. The number of allylic oxidation sites excluding steroid dienone is 1. The Balaban J connectivity index is 1.13. The molecule has 4 aliphatic heterocycles. The Bertz CT molecular complexity index is 1540. The Labute approximate surface area is 252 Å². The number of anilines is 1. The molecule has 0 unspecified atom stereocenters. The standard InChI is InChI=1S/C29H32ClF2N9O2/c30-20-2-3-26(43-29(31)32)24(16-20)28-25(40-13-6-27-33-9-1-10-41(27)40)19-38(35-28)17-21-18-39(36-34-21)23-4-11-37(12-5-23)22-7-14-42-15-8-22/h1-3,6,9-10,16,18-19,22-23,29H,4-5,7-8,11-15,17H2. The predicted molar refractivity (Wildman–Crippen MR) is 157 cm³/mol. The van der Waals surface area contributed by atoms with E-state index in [0.29, 0.717) is 47.1 Å². The monoisotopic (exact) mass is 611 g/mol. The van der Waals surface area contributed by atoms with Crippen LogP contribution in [0.1, 0.15) is 37.4 Å². The SMILES string of the molecule is FC(F)Oc1ccc(Cl)cc1-c1nn(Cc2cn(C3CCN(C4CCOCC4)CC3)nn2)cc1N1CC=C2N=CC=CN21. The lowest BCUT2D eigenvalue weighted by Gasteiger charge is -2.39. The maximum atomic E-state index is 13.3. The minimum Gasteiger partial charge on any atom is -0.434 e. The molecule has 0 N–H and O–H groups in total. The zero-order valence-electron chi connectivity index (χ0n) is 23.5. The number of halogens is 3. The average Bonchev–Trinajstić information content (AvgIpc) is 3.77. The first-order chi connectivity index (χ1) is 21.0. The summed E-state index contributed by atoms with van der Waals surface area (Å²) in [4.78, 5) is 7.02. The van der Waals surface area contributed by atoms with Crippen LogP contribution in [0.25, 0.3) is 11.3 Å². The number of rotatable bonds is 8. The molecule has 0 bridgehead atoms. The van der Waals surface area contributed by atoms with Gasteiger partial charge in [0.05, 0.1) is 31.5 Å². The summed E-state index contributed by atoms with van der Waals surface area (Å²) in [6, 6.07) is 5.45. The summed E-state index contributed by atoms with van der Waals surface area (Å²) in [5, 5.41) is 18.0. The lowest BCUT2D eigenvalue weighted by atomic mass is 10.00. The highest BCUT2D eigenvalue weighted by Gasteiger charge is 2.30. The van der Waals surface area contributed by atoms with E-state index in [4.69, 9.17) is 26.2 Å². The number of aromatic nitrogens is 5. The summed E-state index contributed by atoms with van der Waals surface area (Å²) in [5.74, 6) is 0.755. The number of alkyl halides is 2. The molecule has 43 heavy (non-hydrogen) atoms. The highest BCUT2D eigenvalue weighted by Crippen LogP contribution is 2.40. The van der Waals surface area contributed by atoms with Crippen molar-refractivity contribution in [1.82, 2.24) is 34.7 Å². The predicted octanol–water partition coefficient (Wildman–Crippen LogP) is 4.74. The van der Waals surface area contributed by atoms with Crippen molar-refractivity contribution < 1.29 is 18.3 Å². The van der Waals surface area contributed by atoms with Crippen molar-refractivity contribution in [3.8, 4) is 17.0 Å². The third kappa shape index (κ3) is 5.89. The van der Waals surface area contributed by atoms with E-state index in [1.54, 1.807) is 17.0 Å². The number of ether oxygens (including phenoxy) is 2. The number of nitrogens with zero attached hydrogens (tertiary/aromatic N) is 9.